The van der Waals surface area contributed by atoms with Gasteiger partial charge in [-0.05, 0) is 38.5 Å². The molecule has 2 aromatic rings. The van der Waals surface area contributed by atoms with Crippen molar-refractivity contribution in [2.24, 2.45) is 0 Å². The minimum absolute atomic E-state index is 0.371. The number of hydrogen-bond donors (Lipinski definition) is 1. The molecule has 6 heteroatoms. The smallest absolute Gasteiger partial charge is 0.330 e. The van der Waals surface area contributed by atoms with Crippen molar-refractivity contribution in [3.8, 4) is 11.8 Å². The largest absolute Gasteiger partial charge is 0.452 e. The van der Waals surface area contributed by atoms with Crippen LogP contribution in [0.5, 0.6) is 0 Å². The highest BCUT2D eigenvalue weighted by Crippen LogP contribution is 2.29. The van der Waals surface area contributed by atoms with Gasteiger partial charge < -0.3 is 10.1 Å². The number of nitrogens with one attached hydrogen (secondary N) is 1. The Morgan fingerprint density at radius 3 is 2.56 bits per heavy atom. The number of aromatic nitrogens is 1. The van der Waals surface area contributed by atoms with Crippen LogP contribution in [0.4, 0.5) is 5.82 Å². The SMILES string of the molecule is C/C=C/C(=O)OCC(=O)Nc1c(C#N)c(C)c(C)n1-c1ccccc1. The molecule has 0 fully saturated rings. The molecule has 0 unspecified atom stereocenters. The summed E-state index contributed by atoms with van der Waals surface area (Å²) in [5.74, 6) is -0.733. The molecule has 0 atom stereocenters. The maximum Gasteiger partial charge on any atom is 0.330 e. The molecule has 1 aromatic carbocycles. The summed E-state index contributed by atoms with van der Waals surface area (Å²) in [5.41, 5.74) is 2.84. The lowest BCUT2D eigenvalue weighted by molar-refractivity contribution is -0.142. The van der Waals surface area contributed by atoms with E-state index in [1.807, 2.05) is 44.2 Å². The van der Waals surface area contributed by atoms with Gasteiger partial charge in [-0.2, -0.15) is 5.26 Å². The van der Waals surface area contributed by atoms with Crippen molar-refractivity contribution in [1.82, 2.24) is 4.57 Å². The number of nitriles is 1. The van der Waals surface area contributed by atoms with Crippen LogP contribution in [-0.4, -0.2) is 23.1 Å². The normalized spacial score (nSPS) is 10.5. The van der Waals surface area contributed by atoms with E-state index in [1.165, 1.54) is 12.2 Å². The molecule has 0 aliphatic carbocycles. The van der Waals surface area contributed by atoms with Crippen molar-refractivity contribution in [2.45, 2.75) is 20.8 Å². The van der Waals surface area contributed by atoms with E-state index in [-0.39, 0.29) is 0 Å². The van der Waals surface area contributed by atoms with Crippen LogP contribution in [0.3, 0.4) is 0 Å². The summed E-state index contributed by atoms with van der Waals surface area (Å²) in [4.78, 5) is 23.5. The Balaban J connectivity index is 2.34. The van der Waals surface area contributed by atoms with Crippen LogP contribution in [0.15, 0.2) is 42.5 Å². The highest BCUT2D eigenvalue weighted by atomic mass is 16.5. The van der Waals surface area contributed by atoms with Crippen molar-refractivity contribution in [3.05, 3.63) is 59.3 Å². The highest BCUT2D eigenvalue weighted by Gasteiger charge is 2.20. The van der Waals surface area contributed by atoms with Crippen LogP contribution < -0.4 is 5.32 Å². The van der Waals surface area contributed by atoms with Gasteiger partial charge in [0.1, 0.15) is 11.9 Å². The molecule has 0 bridgehead atoms. The number of benzene rings is 1. The topological polar surface area (TPSA) is 84.1 Å². The second-order valence-corrected chi connectivity index (χ2v) is 5.37. The fourth-order valence-electron chi connectivity index (χ4n) is 2.45. The van der Waals surface area contributed by atoms with Gasteiger partial charge in [-0.25, -0.2) is 4.79 Å². The van der Waals surface area contributed by atoms with Gasteiger partial charge >= 0.3 is 5.97 Å². The summed E-state index contributed by atoms with van der Waals surface area (Å²) >= 11 is 0. The Bertz CT molecular complexity index is 858. The van der Waals surface area contributed by atoms with E-state index >= 15 is 0 Å². The average molecular weight is 337 g/mol. The molecule has 128 valence electrons. The molecule has 0 saturated heterocycles. The molecule has 2 rings (SSSR count). The third-order valence-corrected chi connectivity index (χ3v) is 3.75. The summed E-state index contributed by atoms with van der Waals surface area (Å²) in [6.45, 7) is 4.96. The zero-order chi connectivity index (χ0) is 18.4. The molecular weight excluding hydrogens is 318 g/mol. The number of allylic oxidation sites excluding steroid dienone is 1. The lowest BCUT2D eigenvalue weighted by Gasteiger charge is -2.13. The average Bonchev–Trinajstić information content (AvgIpc) is 2.84. The number of esters is 1. The van der Waals surface area contributed by atoms with Crippen molar-refractivity contribution in [3.63, 3.8) is 0 Å². The maximum absolute atomic E-state index is 12.2. The highest BCUT2D eigenvalue weighted by molar-refractivity contribution is 5.95. The number of para-hydroxylation sites is 1. The standard InChI is InChI=1S/C19H19N3O3/c1-4-8-18(24)25-12-17(23)21-19-16(11-20)13(2)14(3)22(19)15-9-6-5-7-10-15/h4-10H,12H2,1-3H3,(H,21,23)/b8-4+. The molecule has 6 nitrogen and oxygen atoms in total. The van der Waals surface area contributed by atoms with Crippen LogP contribution in [0.25, 0.3) is 5.69 Å². The second-order valence-electron chi connectivity index (χ2n) is 5.37. The summed E-state index contributed by atoms with van der Waals surface area (Å²) in [6, 6.07) is 11.5. The number of nitrogens with zero attached hydrogens (tertiary/aromatic N) is 2. The summed E-state index contributed by atoms with van der Waals surface area (Å²) < 4.78 is 6.65. The maximum atomic E-state index is 12.2. The summed E-state index contributed by atoms with van der Waals surface area (Å²) in [6.07, 6.45) is 2.76. The second kappa shape index (κ2) is 7.97. The van der Waals surface area contributed by atoms with Crippen LogP contribution in [-0.2, 0) is 14.3 Å². The van der Waals surface area contributed by atoms with E-state index in [0.29, 0.717) is 11.4 Å². The fourth-order valence-corrected chi connectivity index (χ4v) is 2.45. The lowest BCUT2D eigenvalue weighted by atomic mass is 10.2. The minimum atomic E-state index is -0.594. The zero-order valence-electron chi connectivity index (χ0n) is 14.4. The third-order valence-electron chi connectivity index (χ3n) is 3.75. The molecule has 0 aliphatic heterocycles. The first kappa shape index (κ1) is 18.0. The zero-order valence-corrected chi connectivity index (χ0v) is 14.4. The number of hydrogen-bond acceptors (Lipinski definition) is 4. The van der Waals surface area contributed by atoms with E-state index in [9.17, 15) is 14.9 Å². The van der Waals surface area contributed by atoms with Gasteiger partial charge in [0.2, 0.25) is 0 Å². The Hall–Kier alpha value is -3.33. The Morgan fingerprint density at radius 2 is 1.96 bits per heavy atom. The number of rotatable bonds is 5. The minimum Gasteiger partial charge on any atom is -0.452 e. The Kier molecular flexibility index (Phi) is 5.75. The first-order valence-electron chi connectivity index (χ1n) is 7.76. The van der Waals surface area contributed by atoms with Gasteiger partial charge in [-0.15, -0.1) is 0 Å². The van der Waals surface area contributed by atoms with Gasteiger partial charge in [0.25, 0.3) is 5.91 Å². The van der Waals surface area contributed by atoms with E-state index in [1.54, 1.807) is 11.5 Å². The first-order chi connectivity index (χ1) is 12.0. The van der Waals surface area contributed by atoms with Crippen molar-refractivity contribution in [2.75, 3.05) is 11.9 Å². The molecule has 0 aliphatic rings. The van der Waals surface area contributed by atoms with Gasteiger partial charge in [0, 0.05) is 17.5 Å². The number of ether oxygens (including phenoxy) is 1. The van der Waals surface area contributed by atoms with Crippen LogP contribution in [0.2, 0.25) is 0 Å². The first-order valence-corrected chi connectivity index (χ1v) is 7.76. The molecule has 1 aromatic heterocycles. The van der Waals surface area contributed by atoms with Crippen LogP contribution in [0.1, 0.15) is 23.7 Å². The quantitative estimate of drug-likeness (QED) is 0.671. The van der Waals surface area contributed by atoms with E-state index < -0.39 is 18.5 Å². The number of anilines is 1. The molecular formula is C19H19N3O3. The van der Waals surface area contributed by atoms with Crippen molar-refractivity contribution < 1.29 is 14.3 Å². The fraction of sp³-hybridized carbons (Fsp3) is 0.211. The van der Waals surface area contributed by atoms with Crippen molar-refractivity contribution in [1.29, 1.82) is 5.26 Å². The molecule has 0 spiro atoms. The van der Waals surface area contributed by atoms with E-state index in [0.717, 1.165) is 16.9 Å². The number of carbonyl (C=O) groups is 2. The Labute approximate surface area is 146 Å². The lowest BCUT2D eigenvalue weighted by Crippen LogP contribution is -2.22. The molecule has 25 heavy (non-hydrogen) atoms. The Morgan fingerprint density at radius 1 is 1.28 bits per heavy atom. The van der Waals surface area contributed by atoms with Gasteiger partial charge in [-0.3, -0.25) is 9.36 Å². The van der Waals surface area contributed by atoms with Crippen LogP contribution in [0, 0.1) is 25.2 Å². The van der Waals surface area contributed by atoms with Crippen molar-refractivity contribution >= 4 is 17.7 Å². The molecule has 1 heterocycles. The monoisotopic (exact) mass is 337 g/mol. The van der Waals surface area contributed by atoms with Gasteiger partial charge in [0.15, 0.2) is 6.61 Å². The molecule has 1 N–H and O–H groups in total. The molecule has 0 saturated carbocycles. The third kappa shape index (κ3) is 3.96. The van der Waals surface area contributed by atoms with E-state index in [2.05, 4.69) is 11.4 Å². The van der Waals surface area contributed by atoms with E-state index in [4.69, 9.17) is 4.74 Å². The van der Waals surface area contributed by atoms with Gasteiger partial charge in [0.05, 0.1) is 5.56 Å². The van der Waals surface area contributed by atoms with Gasteiger partial charge in [-0.1, -0.05) is 24.3 Å². The molecule has 0 radical (unpaired) electrons. The summed E-state index contributed by atoms with van der Waals surface area (Å²) in [5, 5.41) is 12.2. The number of carbonyl (C=O) groups excluding carboxylic acids is 2. The predicted molar refractivity (Wildman–Crippen MR) is 94.4 cm³/mol. The summed E-state index contributed by atoms with van der Waals surface area (Å²) in [7, 11) is 0. The number of amides is 1. The molecule has 1 amide bonds. The van der Waals surface area contributed by atoms with Crippen LogP contribution >= 0.6 is 0 Å². The predicted octanol–water partition coefficient (Wildman–Crippen LogP) is 3.02.